The molecule has 0 radical (unpaired) electrons. The Morgan fingerprint density at radius 1 is 0.293 bits per heavy atom. The second-order valence-electron chi connectivity index (χ2n) is 17.6. The van der Waals surface area contributed by atoms with Crippen molar-refractivity contribution in [2.24, 2.45) is 0 Å². The molecule has 2 aromatic carbocycles. The predicted molar refractivity (Wildman–Crippen MR) is 260 cm³/mol. The largest absolute Gasteiger partial charge is 0.345 e. The first kappa shape index (κ1) is 49.4. The zero-order valence-electron chi connectivity index (χ0n) is 38.2. The van der Waals surface area contributed by atoms with E-state index in [0.29, 0.717) is 0 Å². The van der Waals surface area contributed by atoms with Crippen LogP contribution in [0.25, 0.3) is 12.2 Å². The van der Waals surface area contributed by atoms with Gasteiger partial charge < -0.3 is 9.80 Å². The summed E-state index contributed by atoms with van der Waals surface area (Å²) in [5, 5.41) is 0. The maximum Gasteiger partial charge on any atom is 0.0572 e. The SMILES string of the molecule is CCCCCCCCCCCCCCCCCCN1C=C(/C=C/c2ccccc2)N(CCCCCCCCCCCCCCCCCC)C=C1/C=C/c1ccccc1. The number of unbranched alkanes of at least 4 members (excludes halogenated alkanes) is 30. The van der Waals surface area contributed by atoms with Crippen molar-refractivity contribution >= 4 is 12.2 Å². The van der Waals surface area contributed by atoms with E-state index < -0.39 is 0 Å². The fourth-order valence-electron chi connectivity index (χ4n) is 8.43. The molecule has 3 rings (SSSR count). The van der Waals surface area contributed by atoms with Crippen LogP contribution in [-0.4, -0.2) is 22.9 Å². The van der Waals surface area contributed by atoms with Gasteiger partial charge in [0.05, 0.1) is 11.4 Å². The molecule has 0 unspecified atom stereocenters. The predicted octanol–water partition coefficient (Wildman–Crippen LogP) is 18.2. The lowest BCUT2D eigenvalue weighted by Gasteiger charge is -2.33. The van der Waals surface area contributed by atoms with Crippen LogP contribution in [0, 0.1) is 0 Å². The Morgan fingerprint density at radius 3 is 0.793 bits per heavy atom. The van der Waals surface area contributed by atoms with Crippen LogP contribution < -0.4 is 0 Å². The van der Waals surface area contributed by atoms with Gasteiger partial charge in [-0.25, -0.2) is 0 Å². The summed E-state index contributed by atoms with van der Waals surface area (Å²) in [5.41, 5.74) is 5.12. The molecule has 1 aliphatic heterocycles. The van der Waals surface area contributed by atoms with Crippen molar-refractivity contribution in [2.45, 2.75) is 219 Å². The van der Waals surface area contributed by atoms with Gasteiger partial charge in [0.1, 0.15) is 0 Å². The average Bonchev–Trinajstić information content (AvgIpc) is 3.25. The third-order valence-corrected chi connectivity index (χ3v) is 12.2. The van der Waals surface area contributed by atoms with Crippen molar-refractivity contribution in [3.8, 4) is 0 Å². The lowest BCUT2D eigenvalue weighted by molar-refractivity contribution is 0.367. The van der Waals surface area contributed by atoms with Crippen molar-refractivity contribution < 1.29 is 0 Å². The van der Waals surface area contributed by atoms with Gasteiger partial charge in [-0.2, -0.15) is 0 Å². The highest BCUT2D eigenvalue weighted by molar-refractivity contribution is 5.55. The molecule has 2 aromatic rings. The first-order valence-electron chi connectivity index (χ1n) is 25.2. The van der Waals surface area contributed by atoms with E-state index in [-0.39, 0.29) is 0 Å². The summed E-state index contributed by atoms with van der Waals surface area (Å²) in [7, 11) is 0. The van der Waals surface area contributed by atoms with Crippen LogP contribution >= 0.6 is 0 Å². The quantitative estimate of drug-likeness (QED) is 0.0625. The number of hydrogen-bond donors (Lipinski definition) is 0. The van der Waals surface area contributed by atoms with E-state index in [9.17, 15) is 0 Å². The first-order valence-corrected chi connectivity index (χ1v) is 25.2. The van der Waals surface area contributed by atoms with Gasteiger partial charge in [0.2, 0.25) is 0 Å². The normalized spacial score (nSPS) is 13.3. The van der Waals surface area contributed by atoms with Gasteiger partial charge in [0.25, 0.3) is 0 Å². The van der Waals surface area contributed by atoms with Gasteiger partial charge in [-0.05, 0) is 36.1 Å². The van der Waals surface area contributed by atoms with Crippen molar-refractivity contribution in [3.63, 3.8) is 0 Å². The Kier molecular flexibility index (Phi) is 30.6. The fourth-order valence-corrected chi connectivity index (χ4v) is 8.43. The van der Waals surface area contributed by atoms with Crippen LogP contribution in [-0.2, 0) is 0 Å². The Bertz CT molecular complexity index is 1220. The van der Waals surface area contributed by atoms with Gasteiger partial charge in [-0.3, -0.25) is 0 Å². The fraction of sp³-hybridized carbons (Fsp3) is 0.643. The number of hydrogen-bond acceptors (Lipinski definition) is 2. The summed E-state index contributed by atoms with van der Waals surface area (Å²) in [4.78, 5) is 5.05. The van der Waals surface area contributed by atoms with E-state index in [1.54, 1.807) is 0 Å². The molecule has 0 aromatic heterocycles. The summed E-state index contributed by atoms with van der Waals surface area (Å²) < 4.78 is 0. The summed E-state index contributed by atoms with van der Waals surface area (Å²) in [6, 6.07) is 21.6. The molecule has 0 saturated heterocycles. The Labute approximate surface area is 360 Å². The molecule has 1 heterocycles. The lowest BCUT2D eigenvalue weighted by Crippen LogP contribution is -2.29. The molecule has 0 spiro atoms. The highest BCUT2D eigenvalue weighted by atomic mass is 15.2. The van der Waals surface area contributed by atoms with Crippen molar-refractivity contribution in [2.75, 3.05) is 13.1 Å². The van der Waals surface area contributed by atoms with Gasteiger partial charge in [0.15, 0.2) is 0 Å². The van der Waals surface area contributed by atoms with E-state index in [4.69, 9.17) is 0 Å². The lowest BCUT2D eigenvalue weighted by atomic mass is 10.0. The molecule has 0 N–H and O–H groups in total. The zero-order valence-corrected chi connectivity index (χ0v) is 38.2. The number of nitrogens with zero attached hydrogens (tertiary/aromatic N) is 2. The highest BCUT2D eigenvalue weighted by Gasteiger charge is 2.17. The van der Waals surface area contributed by atoms with Crippen molar-refractivity contribution in [1.29, 1.82) is 0 Å². The second-order valence-corrected chi connectivity index (χ2v) is 17.6. The van der Waals surface area contributed by atoms with E-state index in [2.05, 4.69) is 121 Å². The minimum Gasteiger partial charge on any atom is -0.345 e. The Morgan fingerprint density at radius 2 is 0.534 bits per heavy atom. The number of benzene rings is 2. The Balaban J connectivity index is 1.43. The van der Waals surface area contributed by atoms with E-state index in [0.717, 1.165) is 13.1 Å². The van der Waals surface area contributed by atoms with Gasteiger partial charge in [0, 0.05) is 25.5 Å². The molecule has 0 saturated carbocycles. The first-order chi connectivity index (χ1) is 28.8. The van der Waals surface area contributed by atoms with Crippen LogP contribution in [0.3, 0.4) is 0 Å². The number of allylic oxidation sites excluding steroid dienone is 2. The second kappa shape index (κ2) is 35.9. The van der Waals surface area contributed by atoms with Crippen molar-refractivity contribution in [1.82, 2.24) is 9.80 Å². The van der Waals surface area contributed by atoms with Gasteiger partial charge >= 0.3 is 0 Å². The van der Waals surface area contributed by atoms with Gasteiger partial charge in [-0.15, -0.1) is 0 Å². The monoisotopic (exact) mass is 791 g/mol. The van der Waals surface area contributed by atoms with Gasteiger partial charge in [-0.1, -0.05) is 279 Å². The molecule has 2 heteroatoms. The summed E-state index contributed by atoms with van der Waals surface area (Å²) >= 11 is 0. The zero-order chi connectivity index (χ0) is 40.8. The molecule has 0 amide bonds. The summed E-state index contributed by atoms with van der Waals surface area (Å²) in [6.45, 7) is 6.75. The average molecular weight is 791 g/mol. The molecule has 0 bridgehead atoms. The molecule has 1 aliphatic rings. The maximum atomic E-state index is 2.53. The molecule has 0 fully saturated rings. The summed E-state index contributed by atoms with van der Waals surface area (Å²) in [5.74, 6) is 0. The number of rotatable bonds is 38. The topological polar surface area (TPSA) is 6.48 Å². The Hall–Kier alpha value is -3.00. The smallest absolute Gasteiger partial charge is 0.0572 e. The van der Waals surface area contributed by atoms with E-state index >= 15 is 0 Å². The molecule has 0 aliphatic carbocycles. The van der Waals surface area contributed by atoms with Crippen LogP contribution in [0.4, 0.5) is 0 Å². The molecule has 324 valence electrons. The van der Waals surface area contributed by atoms with E-state index in [1.807, 2.05) is 0 Å². The minimum atomic E-state index is 1.07. The maximum absolute atomic E-state index is 2.53. The third-order valence-electron chi connectivity index (χ3n) is 12.2. The molecular formula is C56H90N2. The molecule has 58 heavy (non-hydrogen) atoms. The molecule has 0 atom stereocenters. The standard InChI is InChI=1S/C56H90N2/c1-3-5-7-9-11-13-15-17-19-21-23-25-27-29-31-39-49-57-51-56(48-46-54-43-37-34-38-44-54)58(52-55(57)47-45-53-41-35-33-36-42-53)50-40-32-30-28-26-24-22-20-18-16-14-12-10-8-6-4-2/h33-38,41-48,51-52H,3-32,39-40,49-50H2,1-2H3/b47-45+,48-46+. The molecule has 2 nitrogen and oxygen atoms in total. The third kappa shape index (κ3) is 25.5. The van der Waals surface area contributed by atoms with Crippen molar-refractivity contribution in [3.05, 3.63) is 108 Å². The van der Waals surface area contributed by atoms with Crippen LogP contribution in [0.2, 0.25) is 0 Å². The van der Waals surface area contributed by atoms with Crippen LogP contribution in [0.1, 0.15) is 230 Å². The van der Waals surface area contributed by atoms with Crippen LogP contribution in [0.15, 0.2) is 96.6 Å². The molecular weight excluding hydrogens is 701 g/mol. The summed E-state index contributed by atoms with van der Waals surface area (Å²) in [6.07, 6.45) is 59.1. The minimum absolute atomic E-state index is 1.07. The van der Waals surface area contributed by atoms with Crippen LogP contribution in [0.5, 0.6) is 0 Å². The highest BCUT2D eigenvalue weighted by Crippen LogP contribution is 2.25. The van der Waals surface area contributed by atoms with E-state index in [1.165, 1.54) is 228 Å².